The molecule has 1 aromatic carbocycles. The maximum absolute atomic E-state index is 12.1. The number of nitrogen functional groups attached to an aromatic ring is 1. The summed E-state index contributed by atoms with van der Waals surface area (Å²) in [5, 5.41) is 4.85. The van der Waals surface area contributed by atoms with E-state index < -0.39 is 19.9 Å². The van der Waals surface area contributed by atoms with E-state index in [1.807, 2.05) is 0 Å². The smallest absolute Gasteiger partial charge is 0.209 e. The maximum atomic E-state index is 12.1. The Bertz CT molecular complexity index is 651. The van der Waals surface area contributed by atoms with Gasteiger partial charge in [-0.25, -0.2) is 22.0 Å². The lowest BCUT2D eigenvalue weighted by molar-refractivity contribution is 0.585. The minimum Gasteiger partial charge on any atom is -0.399 e. The van der Waals surface area contributed by atoms with Crippen LogP contribution in [0.5, 0.6) is 0 Å². The van der Waals surface area contributed by atoms with Gasteiger partial charge < -0.3 is 5.73 Å². The standard InChI is InChI=1S/C11H18N2O4S2/c1-9-4-5-10(12)8-11(9)18(14,15)6-2-3-7-19(13,16)17/h4-5,8H,2-3,6-7,12H2,1H3,(H2,13,16,17). The Morgan fingerprint density at radius 3 is 2.21 bits per heavy atom. The van der Waals surface area contributed by atoms with Crippen molar-refractivity contribution < 1.29 is 16.8 Å². The summed E-state index contributed by atoms with van der Waals surface area (Å²) in [5.41, 5.74) is 6.58. The van der Waals surface area contributed by atoms with Gasteiger partial charge in [-0.2, -0.15) is 0 Å². The van der Waals surface area contributed by atoms with Crippen molar-refractivity contribution in [1.82, 2.24) is 0 Å². The van der Waals surface area contributed by atoms with E-state index in [9.17, 15) is 16.8 Å². The summed E-state index contributed by atoms with van der Waals surface area (Å²) in [7, 11) is -6.98. The highest BCUT2D eigenvalue weighted by atomic mass is 32.2. The van der Waals surface area contributed by atoms with Gasteiger partial charge in [-0.05, 0) is 37.5 Å². The quantitative estimate of drug-likeness (QED) is 0.583. The Morgan fingerprint density at radius 1 is 1.05 bits per heavy atom. The molecule has 8 heteroatoms. The van der Waals surface area contributed by atoms with Gasteiger partial charge in [-0.3, -0.25) is 0 Å². The van der Waals surface area contributed by atoms with Crippen LogP contribution in [0.25, 0.3) is 0 Å². The number of anilines is 1. The summed E-state index contributed by atoms with van der Waals surface area (Å²) in [6, 6.07) is 4.70. The van der Waals surface area contributed by atoms with Crippen molar-refractivity contribution in [3.05, 3.63) is 23.8 Å². The fraction of sp³-hybridized carbons (Fsp3) is 0.455. The van der Waals surface area contributed by atoms with Crippen molar-refractivity contribution in [3.8, 4) is 0 Å². The summed E-state index contributed by atoms with van der Waals surface area (Å²) in [6.45, 7) is 1.69. The minimum atomic E-state index is -3.54. The monoisotopic (exact) mass is 306 g/mol. The topological polar surface area (TPSA) is 120 Å². The van der Waals surface area contributed by atoms with Gasteiger partial charge in [0.1, 0.15) is 0 Å². The molecule has 0 aliphatic rings. The van der Waals surface area contributed by atoms with Crippen molar-refractivity contribution in [3.63, 3.8) is 0 Å². The molecule has 0 heterocycles. The molecule has 1 rings (SSSR count). The van der Waals surface area contributed by atoms with Gasteiger partial charge in [0.25, 0.3) is 0 Å². The second-order valence-corrected chi connectivity index (χ2v) is 8.23. The summed E-state index contributed by atoms with van der Waals surface area (Å²) < 4.78 is 45.7. The predicted molar refractivity (Wildman–Crippen MR) is 74.9 cm³/mol. The van der Waals surface area contributed by atoms with E-state index >= 15 is 0 Å². The lowest BCUT2D eigenvalue weighted by Crippen LogP contribution is -2.17. The van der Waals surface area contributed by atoms with Gasteiger partial charge in [-0.15, -0.1) is 0 Å². The lowest BCUT2D eigenvalue weighted by Gasteiger charge is -2.08. The molecule has 0 fully saturated rings. The van der Waals surface area contributed by atoms with Crippen molar-refractivity contribution in [2.45, 2.75) is 24.7 Å². The van der Waals surface area contributed by atoms with Crippen molar-refractivity contribution >= 4 is 25.5 Å². The fourth-order valence-electron chi connectivity index (χ4n) is 1.66. The molecule has 0 radical (unpaired) electrons. The van der Waals surface area contributed by atoms with E-state index in [1.54, 1.807) is 19.1 Å². The summed E-state index contributed by atoms with van der Waals surface area (Å²) in [5.74, 6) is -0.328. The molecule has 0 aliphatic carbocycles. The van der Waals surface area contributed by atoms with Crippen LogP contribution >= 0.6 is 0 Å². The van der Waals surface area contributed by atoms with Crippen LogP contribution in [0.15, 0.2) is 23.1 Å². The molecule has 0 aliphatic heterocycles. The highest BCUT2D eigenvalue weighted by Gasteiger charge is 2.17. The van der Waals surface area contributed by atoms with E-state index in [1.165, 1.54) is 6.07 Å². The SMILES string of the molecule is Cc1ccc(N)cc1S(=O)(=O)CCCCS(N)(=O)=O. The third-order valence-corrected chi connectivity index (χ3v) is 5.43. The molecule has 6 nitrogen and oxygen atoms in total. The number of unbranched alkanes of at least 4 members (excludes halogenated alkanes) is 1. The molecule has 108 valence electrons. The first-order valence-electron chi connectivity index (χ1n) is 5.71. The van der Waals surface area contributed by atoms with E-state index in [2.05, 4.69) is 0 Å². The zero-order valence-electron chi connectivity index (χ0n) is 10.7. The Kier molecular flexibility index (Phi) is 4.94. The highest BCUT2D eigenvalue weighted by molar-refractivity contribution is 7.91. The van der Waals surface area contributed by atoms with E-state index in [0.717, 1.165) is 0 Å². The summed E-state index contributed by atoms with van der Waals surface area (Å²) in [6.07, 6.45) is 0.465. The number of aryl methyl sites for hydroxylation is 1. The predicted octanol–water partition coefficient (Wildman–Crippen LogP) is 0.420. The van der Waals surface area contributed by atoms with Crippen LogP contribution in [-0.4, -0.2) is 28.3 Å². The summed E-state index contributed by atoms with van der Waals surface area (Å²) >= 11 is 0. The van der Waals surface area contributed by atoms with Crippen LogP contribution in [0, 0.1) is 6.92 Å². The molecular formula is C11H18N2O4S2. The normalized spacial score (nSPS) is 12.5. The Morgan fingerprint density at radius 2 is 1.63 bits per heavy atom. The molecule has 0 amide bonds. The second kappa shape index (κ2) is 5.89. The highest BCUT2D eigenvalue weighted by Crippen LogP contribution is 2.20. The van der Waals surface area contributed by atoms with Gasteiger partial charge in [0, 0.05) is 5.69 Å². The molecule has 0 bridgehead atoms. The molecule has 0 atom stereocenters. The maximum Gasteiger partial charge on any atom is 0.209 e. The van der Waals surface area contributed by atoms with Gasteiger partial charge >= 0.3 is 0 Å². The molecule has 0 saturated heterocycles. The number of sulfonamides is 1. The largest absolute Gasteiger partial charge is 0.399 e. The van der Waals surface area contributed by atoms with Crippen molar-refractivity contribution in [2.75, 3.05) is 17.2 Å². The third kappa shape index (κ3) is 5.17. The first-order chi connectivity index (χ1) is 8.62. The number of primary sulfonamides is 1. The number of nitrogens with two attached hydrogens (primary N) is 2. The first kappa shape index (κ1) is 15.9. The van der Waals surface area contributed by atoms with E-state index in [-0.39, 0.29) is 29.2 Å². The fourth-order valence-corrected chi connectivity index (χ4v) is 3.94. The Balaban J connectivity index is 2.74. The van der Waals surface area contributed by atoms with Crippen LogP contribution < -0.4 is 10.9 Å². The molecule has 19 heavy (non-hydrogen) atoms. The number of hydrogen-bond donors (Lipinski definition) is 2. The molecule has 0 unspecified atom stereocenters. The molecule has 4 N–H and O–H groups in total. The number of rotatable bonds is 6. The van der Waals surface area contributed by atoms with Crippen molar-refractivity contribution in [2.24, 2.45) is 5.14 Å². The Labute approximate surface area is 113 Å². The zero-order valence-corrected chi connectivity index (χ0v) is 12.3. The van der Waals surface area contributed by atoms with Gasteiger partial charge in [-0.1, -0.05) is 6.07 Å². The average molecular weight is 306 g/mol. The van der Waals surface area contributed by atoms with Crippen LogP contribution in [0.2, 0.25) is 0 Å². The molecule has 0 saturated carbocycles. The van der Waals surface area contributed by atoms with Gasteiger partial charge in [0.15, 0.2) is 9.84 Å². The third-order valence-electron chi connectivity index (χ3n) is 2.64. The molecule has 1 aromatic rings. The number of hydrogen-bond acceptors (Lipinski definition) is 5. The molecular weight excluding hydrogens is 288 g/mol. The second-order valence-electron chi connectivity index (χ2n) is 4.42. The molecule has 0 spiro atoms. The van der Waals surface area contributed by atoms with Crippen molar-refractivity contribution in [1.29, 1.82) is 0 Å². The number of sulfone groups is 1. The first-order valence-corrected chi connectivity index (χ1v) is 9.08. The van der Waals surface area contributed by atoms with Gasteiger partial charge in [0.2, 0.25) is 10.0 Å². The van der Waals surface area contributed by atoms with Crippen LogP contribution in [-0.2, 0) is 19.9 Å². The molecule has 0 aromatic heterocycles. The van der Waals surface area contributed by atoms with Gasteiger partial charge in [0.05, 0.1) is 16.4 Å². The number of benzene rings is 1. The minimum absolute atomic E-state index is 0.118. The average Bonchev–Trinajstić information content (AvgIpc) is 2.26. The van der Waals surface area contributed by atoms with Crippen LogP contribution in [0.4, 0.5) is 5.69 Å². The van der Waals surface area contributed by atoms with E-state index in [0.29, 0.717) is 11.3 Å². The zero-order chi connectivity index (χ0) is 14.7. The van der Waals surface area contributed by atoms with Crippen LogP contribution in [0.1, 0.15) is 18.4 Å². The Hall–Kier alpha value is -1.12. The van der Waals surface area contributed by atoms with Crippen LogP contribution in [0.3, 0.4) is 0 Å². The summed E-state index contributed by atoms with van der Waals surface area (Å²) in [4.78, 5) is 0.197. The van der Waals surface area contributed by atoms with E-state index in [4.69, 9.17) is 10.9 Å². The lowest BCUT2D eigenvalue weighted by atomic mass is 10.2.